The van der Waals surface area contributed by atoms with E-state index in [1.165, 1.54) is 11.9 Å². The smallest absolute Gasteiger partial charge is 0.305 e. The number of ether oxygens (including phenoxy) is 1. The standard InChI is InChI=1S/C16H15N3O3/c1-22-15(21)10-9-11-5-4-6-12-16(11)18-19(17-12)13-7-2-3-8-14(13)20/h2-8,20H,9-10H2,1H3. The van der Waals surface area contributed by atoms with Crippen molar-refractivity contribution in [2.45, 2.75) is 12.8 Å². The second kappa shape index (κ2) is 5.85. The fourth-order valence-corrected chi connectivity index (χ4v) is 2.27. The van der Waals surface area contributed by atoms with Gasteiger partial charge in [-0.05, 0) is 30.2 Å². The molecule has 0 aliphatic carbocycles. The number of para-hydroxylation sites is 2. The molecule has 6 nitrogen and oxygen atoms in total. The molecule has 3 rings (SSSR count). The van der Waals surface area contributed by atoms with E-state index < -0.39 is 0 Å². The van der Waals surface area contributed by atoms with Crippen molar-refractivity contribution in [2.75, 3.05) is 7.11 Å². The normalized spacial score (nSPS) is 10.8. The predicted molar refractivity (Wildman–Crippen MR) is 80.9 cm³/mol. The molecule has 3 aromatic rings. The molecule has 1 heterocycles. The summed E-state index contributed by atoms with van der Waals surface area (Å²) in [6.07, 6.45) is 0.822. The fourth-order valence-electron chi connectivity index (χ4n) is 2.27. The number of benzene rings is 2. The van der Waals surface area contributed by atoms with Crippen LogP contribution in [0.2, 0.25) is 0 Å². The lowest BCUT2D eigenvalue weighted by Crippen LogP contribution is -2.02. The van der Waals surface area contributed by atoms with E-state index in [2.05, 4.69) is 14.9 Å². The van der Waals surface area contributed by atoms with Gasteiger partial charge in [0.15, 0.2) is 0 Å². The van der Waals surface area contributed by atoms with E-state index in [-0.39, 0.29) is 11.7 Å². The number of methoxy groups -OCH3 is 1. The molecule has 1 aromatic heterocycles. The van der Waals surface area contributed by atoms with E-state index in [1.54, 1.807) is 24.3 Å². The molecule has 0 unspecified atom stereocenters. The zero-order chi connectivity index (χ0) is 15.5. The summed E-state index contributed by atoms with van der Waals surface area (Å²) < 4.78 is 4.66. The third-order valence-corrected chi connectivity index (χ3v) is 3.42. The number of phenolic OH excluding ortho intramolecular Hbond substituents is 1. The number of hydrogen-bond acceptors (Lipinski definition) is 5. The van der Waals surface area contributed by atoms with E-state index in [1.807, 2.05) is 18.2 Å². The van der Waals surface area contributed by atoms with Gasteiger partial charge in [0.05, 0.1) is 7.11 Å². The monoisotopic (exact) mass is 297 g/mol. The number of aromatic nitrogens is 3. The second-order valence-corrected chi connectivity index (χ2v) is 4.84. The van der Waals surface area contributed by atoms with Gasteiger partial charge in [-0.2, -0.15) is 0 Å². The molecule has 0 atom stereocenters. The number of hydrogen-bond donors (Lipinski definition) is 1. The van der Waals surface area contributed by atoms with E-state index in [0.29, 0.717) is 24.0 Å². The minimum Gasteiger partial charge on any atom is -0.506 e. The molecular weight excluding hydrogens is 282 g/mol. The molecule has 0 aliphatic heterocycles. The first kappa shape index (κ1) is 14.1. The van der Waals surface area contributed by atoms with Gasteiger partial charge in [0, 0.05) is 6.42 Å². The van der Waals surface area contributed by atoms with Gasteiger partial charge in [-0.3, -0.25) is 4.79 Å². The Bertz CT molecular complexity index is 826. The number of fused-ring (bicyclic) bond motifs is 1. The summed E-state index contributed by atoms with van der Waals surface area (Å²) >= 11 is 0. The van der Waals surface area contributed by atoms with Gasteiger partial charge in [-0.25, -0.2) is 0 Å². The van der Waals surface area contributed by atoms with E-state index in [0.717, 1.165) is 11.1 Å². The van der Waals surface area contributed by atoms with E-state index in [9.17, 15) is 9.90 Å². The van der Waals surface area contributed by atoms with Crippen molar-refractivity contribution in [2.24, 2.45) is 0 Å². The summed E-state index contributed by atoms with van der Waals surface area (Å²) in [6.45, 7) is 0. The highest BCUT2D eigenvalue weighted by atomic mass is 16.5. The van der Waals surface area contributed by atoms with Crippen molar-refractivity contribution in [1.82, 2.24) is 15.0 Å². The van der Waals surface area contributed by atoms with Crippen molar-refractivity contribution in [3.8, 4) is 11.4 Å². The Morgan fingerprint density at radius 2 is 2.00 bits per heavy atom. The van der Waals surface area contributed by atoms with Gasteiger partial charge in [-0.15, -0.1) is 15.0 Å². The molecule has 0 spiro atoms. The molecule has 2 aromatic carbocycles. The molecule has 0 saturated heterocycles. The molecule has 112 valence electrons. The minimum atomic E-state index is -0.259. The lowest BCUT2D eigenvalue weighted by molar-refractivity contribution is -0.140. The number of esters is 1. The summed E-state index contributed by atoms with van der Waals surface area (Å²) in [4.78, 5) is 12.7. The Morgan fingerprint density at radius 1 is 1.18 bits per heavy atom. The number of carbonyl (C=O) groups is 1. The van der Waals surface area contributed by atoms with Gasteiger partial charge in [0.2, 0.25) is 0 Å². The van der Waals surface area contributed by atoms with Crippen molar-refractivity contribution < 1.29 is 14.6 Å². The summed E-state index contributed by atoms with van der Waals surface area (Å²) in [7, 11) is 1.37. The summed E-state index contributed by atoms with van der Waals surface area (Å²) in [5.41, 5.74) is 2.86. The van der Waals surface area contributed by atoms with Gasteiger partial charge >= 0.3 is 5.97 Å². The molecule has 22 heavy (non-hydrogen) atoms. The van der Waals surface area contributed by atoms with Gasteiger partial charge in [0.1, 0.15) is 22.5 Å². The highest BCUT2D eigenvalue weighted by molar-refractivity contribution is 5.79. The second-order valence-electron chi connectivity index (χ2n) is 4.84. The number of aryl methyl sites for hydroxylation is 1. The zero-order valence-electron chi connectivity index (χ0n) is 12.1. The SMILES string of the molecule is COC(=O)CCc1cccc2nn(-c3ccccc3O)nc12. The molecule has 0 fully saturated rings. The Balaban J connectivity index is 1.99. The first-order chi connectivity index (χ1) is 10.7. The zero-order valence-corrected chi connectivity index (χ0v) is 12.1. The Kier molecular flexibility index (Phi) is 3.74. The molecule has 6 heteroatoms. The predicted octanol–water partition coefficient (Wildman–Crippen LogP) is 2.23. The van der Waals surface area contributed by atoms with Gasteiger partial charge in [-0.1, -0.05) is 24.3 Å². The Labute approximate surface area is 126 Å². The van der Waals surface area contributed by atoms with Crippen LogP contribution < -0.4 is 0 Å². The van der Waals surface area contributed by atoms with Crippen LogP contribution in [0.1, 0.15) is 12.0 Å². The summed E-state index contributed by atoms with van der Waals surface area (Å²) in [5.74, 6) is -0.149. The van der Waals surface area contributed by atoms with Crippen LogP contribution in [0, 0.1) is 0 Å². The molecule has 0 amide bonds. The van der Waals surface area contributed by atoms with Crippen LogP contribution in [-0.2, 0) is 16.0 Å². The minimum absolute atomic E-state index is 0.110. The topological polar surface area (TPSA) is 77.2 Å². The largest absolute Gasteiger partial charge is 0.506 e. The first-order valence-corrected chi connectivity index (χ1v) is 6.89. The van der Waals surface area contributed by atoms with Crippen molar-refractivity contribution in [1.29, 1.82) is 0 Å². The van der Waals surface area contributed by atoms with Crippen LogP contribution in [-0.4, -0.2) is 33.2 Å². The third kappa shape index (κ3) is 2.63. The number of phenols is 1. The van der Waals surface area contributed by atoms with Crippen LogP contribution in [0.15, 0.2) is 42.5 Å². The maximum absolute atomic E-state index is 11.3. The quantitative estimate of drug-likeness (QED) is 0.747. The van der Waals surface area contributed by atoms with Crippen LogP contribution in [0.4, 0.5) is 0 Å². The van der Waals surface area contributed by atoms with Crippen LogP contribution >= 0.6 is 0 Å². The maximum Gasteiger partial charge on any atom is 0.305 e. The Morgan fingerprint density at radius 3 is 2.77 bits per heavy atom. The maximum atomic E-state index is 11.3. The van der Waals surface area contributed by atoms with E-state index >= 15 is 0 Å². The van der Waals surface area contributed by atoms with Crippen LogP contribution in [0.5, 0.6) is 5.75 Å². The lowest BCUT2D eigenvalue weighted by atomic mass is 10.1. The van der Waals surface area contributed by atoms with Gasteiger partial charge in [0.25, 0.3) is 0 Å². The summed E-state index contributed by atoms with van der Waals surface area (Å²) in [6, 6.07) is 12.5. The van der Waals surface area contributed by atoms with Crippen molar-refractivity contribution >= 4 is 17.0 Å². The van der Waals surface area contributed by atoms with E-state index in [4.69, 9.17) is 0 Å². The van der Waals surface area contributed by atoms with Crippen LogP contribution in [0.3, 0.4) is 0 Å². The highest BCUT2D eigenvalue weighted by Crippen LogP contribution is 2.22. The lowest BCUT2D eigenvalue weighted by Gasteiger charge is -2.01. The molecule has 0 bridgehead atoms. The van der Waals surface area contributed by atoms with Crippen molar-refractivity contribution in [3.05, 3.63) is 48.0 Å². The fraction of sp³-hybridized carbons (Fsp3) is 0.188. The molecule has 0 saturated carbocycles. The average Bonchev–Trinajstić information content (AvgIpc) is 2.97. The van der Waals surface area contributed by atoms with Crippen LogP contribution in [0.25, 0.3) is 16.7 Å². The molecule has 0 radical (unpaired) electrons. The summed E-state index contributed by atoms with van der Waals surface area (Å²) in [5, 5.41) is 18.7. The molecular formula is C16H15N3O3. The first-order valence-electron chi connectivity index (χ1n) is 6.89. The number of aromatic hydroxyl groups is 1. The molecule has 0 aliphatic rings. The number of rotatable bonds is 4. The number of carbonyl (C=O) groups excluding carboxylic acids is 1. The average molecular weight is 297 g/mol. The highest BCUT2D eigenvalue weighted by Gasteiger charge is 2.12. The Hall–Kier alpha value is -2.89. The van der Waals surface area contributed by atoms with Gasteiger partial charge < -0.3 is 9.84 Å². The third-order valence-electron chi connectivity index (χ3n) is 3.42. The van der Waals surface area contributed by atoms with Crippen molar-refractivity contribution in [3.63, 3.8) is 0 Å². The molecule has 1 N–H and O–H groups in total. The number of nitrogens with zero attached hydrogens (tertiary/aromatic N) is 3.